The van der Waals surface area contributed by atoms with E-state index >= 15 is 0 Å². The molecule has 0 aromatic heterocycles. The monoisotopic (exact) mass is 332 g/mol. The highest BCUT2D eigenvalue weighted by atomic mass is 16.4. The number of nitrogens with one attached hydrogen (secondary N) is 1. The third-order valence-corrected chi connectivity index (χ3v) is 4.74. The third kappa shape index (κ3) is 3.93. The van der Waals surface area contributed by atoms with Crippen LogP contribution in [0, 0.1) is 0 Å². The number of hydrogen-bond donors (Lipinski definition) is 2. The van der Waals surface area contributed by atoms with E-state index in [9.17, 15) is 14.4 Å². The highest BCUT2D eigenvalue weighted by Gasteiger charge is 2.31. The van der Waals surface area contributed by atoms with Crippen molar-refractivity contribution in [2.24, 2.45) is 0 Å². The van der Waals surface area contributed by atoms with Gasteiger partial charge >= 0.3 is 5.97 Å². The Labute approximate surface area is 141 Å². The molecule has 0 aliphatic carbocycles. The molecule has 6 heteroatoms. The maximum atomic E-state index is 12.5. The van der Waals surface area contributed by atoms with Gasteiger partial charge < -0.3 is 15.3 Å². The lowest BCUT2D eigenvalue weighted by Crippen LogP contribution is -2.49. The summed E-state index contributed by atoms with van der Waals surface area (Å²) in [6.07, 6.45) is 2.40. The number of nitrogens with zero attached hydrogens (tertiary/aromatic N) is 1. The van der Waals surface area contributed by atoms with Gasteiger partial charge in [0, 0.05) is 24.2 Å². The van der Waals surface area contributed by atoms with Crippen molar-refractivity contribution < 1.29 is 19.5 Å². The van der Waals surface area contributed by atoms with Crippen molar-refractivity contribution in [2.75, 3.05) is 11.4 Å². The molecule has 130 valence electrons. The number of carboxylic acid groups (broad SMARTS) is 1. The van der Waals surface area contributed by atoms with Gasteiger partial charge in [-0.3, -0.25) is 14.4 Å². The molecule has 1 aromatic carbocycles. The molecule has 0 bridgehead atoms. The van der Waals surface area contributed by atoms with Gasteiger partial charge in [0.15, 0.2) is 0 Å². The Hall–Kier alpha value is -2.37. The van der Waals surface area contributed by atoms with E-state index in [0.29, 0.717) is 31.4 Å². The van der Waals surface area contributed by atoms with Crippen LogP contribution in [0.5, 0.6) is 0 Å². The van der Waals surface area contributed by atoms with E-state index in [1.165, 1.54) is 0 Å². The Bertz CT molecular complexity index is 620. The van der Waals surface area contributed by atoms with E-state index < -0.39 is 11.5 Å². The summed E-state index contributed by atoms with van der Waals surface area (Å²) in [7, 11) is 0. The van der Waals surface area contributed by atoms with E-state index in [1.54, 1.807) is 29.2 Å². The highest BCUT2D eigenvalue weighted by Crippen LogP contribution is 2.23. The maximum absolute atomic E-state index is 12.5. The first kappa shape index (κ1) is 18.0. The Morgan fingerprint density at radius 2 is 1.83 bits per heavy atom. The van der Waals surface area contributed by atoms with Crippen molar-refractivity contribution in [1.29, 1.82) is 0 Å². The number of aliphatic carboxylic acids is 1. The van der Waals surface area contributed by atoms with E-state index in [2.05, 4.69) is 5.32 Å². The number of amides is 2. The minimum Gasteiger partial charge on any atom is -0.481 e. The summed E-state index contributed by atoms with van der Waals surface area (Å²) >= 11 is 0. The van der Waals surface area contributed by atoms with Gasteiger partial charge in [-0.25, -0.2) is 0 Å². The van der Waals surface area contributed by atoms with Gasteiger partial charge in [0.2, 0.25) is 5.91 Å². The zero-order valence-electron chi connectivity index (χ0n) is 14.2. The molecule has 2 amide bonds. The standard InChI is InChI=1S/C18H24N2O4/c1-3-18(4-2,12-16(22)23)19-17(24)13-7-9-14(10-8-13)20-11-5-6-15(20)21/h7-10H,3-6,11-12H2,1-2H3,(H,19,24)(H,22,23). The molecule has 0 atom stereocenters. The molecule has 0 saturated carbocycles. The lowest BCUT2D eigenvalue weighted by atomic mass is 9.88. The first-order valence-corrected chi connectivity index (χ1v) is 8.35. The predicted octanol–water partition coefficient (Wildman–Crippen LogP) is 2.58. The molecule has 2 N–H and O–H groups in total. The van der Waals surface area contributed by atoms with Gasteiger partial charge in [0.25, 0.3) is 5.91 Å². The van der Waals surface area contributed by atoms with Crippen LogP contribution in [0.1, 0.15) is 56.3 Å². The van der Waals surface area contributed by atoms with Crippen molar-refractivity contribution in [1.82, 2.24) is 5.32 Å². The van der Waals surface area contributed by atoms with Crippen molar-refractivity contribution in [3.05, 3.63) is 29.8 Å². The lowest BCUT2D eigenvalue weighted by Gasteiger charge is -2.31. The molecule has 1 aliphatic rings. The van der Waals surface area contributed by atoms with Crippen molar-refractivity contribution in [2.45, 2.75) is 51.5 Å². The second kappa shape index (κ2) is 7.47. The van der Waals surface area contributed by atoms with Crippen LogP contribution in [0.15, 0.2) is 24.3 Å². The SMILES string of the molecule is CCC(CC)(CC(=O)O)NC(=O)c1ccc(N2CCCC2=O)cc1. The van der Waals surface area contributed by atoms with Gasteiger partial charge in [0.1, 0.15) is 0 Å². The first-order chi connectivity index (χ1) is 11.4. The molecule has 0 unspecified atom stereocenters. The minimum atomic E-state index is -0.929. The number of anilines is 1. The quantitative estimate of drug-likeness (QED) is 0.803. The fraction of sp³-hybridized carbons (Fsp3) is 0.500. The predicted molar refractivity (Wildman–Crippen MR) is 91.1 cm³/mol. The van der Waals surface area contributed by atoms with Crippen molar-refractivity contribution >= 4 is 23.5 Å². The summed E-state index contributed by atoms with van der Waals surface area (Å²) in [6, 6.07) is 6.87. The molecular weight excluding hydrogens is 308 g/mol. The second-order valence-corrected chi connectivity index (χ2v) is 6.21. The molecule has 1 fully saturated rings. The molecular formula is C18H24N2O4. The molecule has 1 aliphatic heterocycles. The van der Waals surface area contributed by atoms with Crippen LogP contribution >= 0.6 is 0 Å². The lowest BCUT2D eigenvalue weighted by molar-refractivity contribution is -0.138. The molecule has 1 aromatic rings. The number of carboxylic acids is 1. The van der Waals surface area contributed by atoms with Crippen LogP contribution in [0.25, 0.3) is 0 Å². The van der Waals surface area contributed by atoms with Crippen molar-refractivity contribution in [3.8, 4) is 0 Å². The van der Waals surface area contributed by atoms with E-state index in [0.717, 1.165) is 12.1 Å². The van der Waals surface area contributed by atoms with Gasteiger partial charge in [-0.05, 0) is 43.5 Å². The third-order valence-electron chi connectivity index (χ3n) is 4.74. The zero-order valence-corrected chi connectivity index (χ0v) is 14.2. The maximum Gasteiger partial charge on any atom is 0.305 e. The largest absolute Gasteiger partial charge is 0.481 e. The molecule has 24 heavy (non-hydrogen) atoms. The Balaban J connectivity index is 2.11. The smallest absolute Gasteiger partial charge is 0.305 e. The van der Waals surface area contributed by atoms with E-state index in [1.807, 2.05) is 13.8 Å². The zero-order chi connectivity index (χ0) is 17.7. The van der Waals surface area contributed by atoms with E-state index in [4.69, 9.17) is 5.11 Å². The summed E-state index contributed by atoms with van der Waals surface area (Å²) in [5.74, 6) is -1.12. The molecule has 0 radical (unpaired) electrons. The van der Waals surface area contributed by atoms with Gasteiger partial charge in [-0.2, -0.15) is 0 Å². The molecule has 1 heterocycles. The van der Waals surface area contributed by atoms with Gasteiger partial charge in [-0.15, -0.1) is 0 Å². The van der Waals surface area contributed by atoms with E-state index in [-0.39, 0.29) is 18.2 Å². The Kier molecular flexibility index (Phi) is 5.59. The molecule has 2 rings (SSSR count). The van der Waals surface area contributed by atoms with Crippen LogP contribution in [0.2, 0.25) is 0 Å². The first-order valence-electron chi connectivity index (χ1n) is 8.35. The number of rotatable bonds is 7. The minimum absolute atomic E-state index is 0.102. The molecule has 6 nitrogen and oxygen atoms in total. The Morgan fingerprint density at radius 1 is 1.21 bits per heavy atom. The summed E-state index contributed by atoms with van der Waals surface area (Å²) in [5.41, 5.74) is 0.505. The molecule has 0 spiro atoms. The summed E-state index contributed by atoms with van der Waals surface area (Å²) < 4.78 is 0. The average molecular weight is 332 g/mol. The highest BCUT2D eigenvalue weighted by molar-refractivity contribution is 5.98. The van der Waals surface area contributed by atoms with Crippen molar-refractivity contribution in [3.63, 3.8) is 0 Å². The number of carbonyl (C=O) groups excluding carboxylic acids is 2. The number of carbonyl (C=O) groups is 3. The van der Waals surface area contributed by atoms with Gasteiger partial charge in [0.05, 0.1) is 12.0 Å². The summed E-state index contributed by atoms with van der Waals surface area (Å²) in [4.78, 5) is 37.0. The van der Waals surface area contributed by atoms with Crippen LogP contribution in [-0.4, -0.2) is 35.0 Å². The summed E-state index contributed by atoms with van der Waals surface area (Å²) in [5, 5.41) is 12.0. The van der Waals surface area contributed by atoms with Crippen LogP contribution in [-0.2, 0) is 9.59 Å². The summed E-state index contributed by atoms with van der Waals surface area (Å²) in [6.45, 7) is 4.45. The van der Waals surface area contributed by atoms with Crippen LogP contribution in [0.4, 0.5) is 5.69 Å². The topological polar surface area (TPSA) is 86.7 Å². The fourth-order valence-corrected chi connectivity index (χ4v) is 3.04. The number of benzene rings is 1. The van der Waals surface area contributed by atoms with Crippen LogP contribution in [0.3, 0.4) is 0 Å². The number of hydrogen-bond acceptors (Lipinski definition) is 3. The fourth-order valence-electron chi connectivity index (χ4n) is 3.04. The normalized spacial score (nSPS) is 14.8. The second-order valence-electron chi connectivity index (χ2n) is 6.21. The van der Waals surface area contributed by atoms with Crippen LogP contribution < -0.4 is 10.2 Å². The average Bonchev–Trinajstić information content (AvgIpc) is 2.99. The molecule has 1 saturated heterocycles. The Morgan fingerprint density at radius 3 is 2.29 bits per heavy atom. The van der Waals surface area contributed by atoms with Gasteiger partial charge in [-0.1, -0.05) is 13.8 Å².